The van der Waals surface area contributed by atoms with Crippen molar-refractivity contribution in [3.05, 3.63) is 35.2 Å². The number of benzene rings is 1. The number of anilines is 1. The summed E-state index contributed by atoms with van der Waals surface area (Å²) in [6.45, 7) is 9.09. The van der Waals surface area contributed by atoms with Crippen LogP contribution in [0.5, 0.6) is 5.75 Å². The van der Waals surface area contributed by atoms with E-state index in [1.54, 1.807) is 7.11 Å². The average Bonchev–Trinajstić information content (AvgIpc) is 2.47. The van der Waals surface area contributed by atoms with E-state index >= 15 is 0 Å². The van der Waals surface area contributed by atoms with Crippen molar-refractivity contribution in [2.24, 2.45) is 0 Å². The fraction of sp³-hybridized carbons (Fsp3) is 0.412. The summed E-state index contributed by atoms with van der Waals surface area (Å²) in [6, 6.07) is 6.14. The summed E-state index contributed by atoms with van der Waals surface area (Å²) in [7, 11) is 1.69. The molecule has 1 heterocycles. The number of nitrogens with zero attached hydrogens (tertiary/aromatic N) is 2. The van der Waals surface area contributed by atoms with Crippen molar-refractivity contribution in [3.8, 4) is 17.0 Å². The maximum absolute atomic E-state index is 5.49. The molecule has 0 unspecified atom stereocenters. The summed E-state index contributed by atoms with van der Waals surface area (Å²) in [5.41, 5.74) is 4.18. The second-order valence-corrected chi connectivity index (χ2v) is 5.22. The predicted molar refractivity (Wildman–Crippen MR) is 87.0 cm³/mol. The zero-order valence-electron chi connectivity index (χ0n) is 13.4. The molecule has 1 aromatic carbocycles. The summed E-state index contributed by atoms with van der Waals surface area (Å²) in [5.74, 6) is 2.50. The van der Waals surface area contributed by atoms with Crippen molar-refractivity contribution in [1.82, 2.24) is 9.97 Å². The van der Waals surface area contributed by atoms with Crippen LogP contribution in [0.15, 0.2) is 18.2 Å². The van der Waals surface area contributed by atoms with Crippen LogP contribution in [-0.2, 0) is 0 Å². The Bertz CT molecular complexity index is 638. The van der Waals surface area contributed by atoms with Gasteiger partial charge < -0.3 is 10.1 Å². The molecule has 2 aromatic rings. The molecule has 4 heteroatoms. The largest absolute Gasteiger partial charge is 0.496 e. The first kappa shape index (κ1) is 15.3. The summed E-state index contributed by atoms with van der Waals surface area (Å²) in [6.07, 6.45) is 1.06. The molecule has 0 fully saturated rings. The SMILES string of the molecule is CCCNc1nc(C)nc(-c2cc(C)ccc2OC)c1C. The van der Waals surface area contributed by atoms with Crippen LogP contribution in [0.1, 0.15) is 30.3 Å². The molecule has 112 valence electrons. The standard InChI is InChI=1S/C17H23N3O/c1-6-9-18-17-12(3)16(19-13(4)20-17)14-10-11(2)7-8-15(14)21-5/h7-8,10H,6,9H2,1-5H3,(H,18,19,20). The van der Waals surface area contributed by atoms with Crippen molar-refractivity contribution in [1.29, 1.82) is 0 Å². The Morgan fingerprint density at radius 2 is 1.90 bits per heavy atom. The van der Waals surface area contributed by atoms with E-state index in [9.17, 15) is 0 Å². The molecule has 1 N–H and O–H groups in total. The van der Waals surface area contributed by atoms with Crippen LogP contribution >= 0.6 is 0 Å². The molecule has 0 spiro atoms. The topological polar surface area (TPSA) is 47.0 Å². The average molecular weight is 285 g/mol. The molecular formula is C17H23N3O. The van der Waals surface area contributed by atoms with Gasteiger partial charge in [-0.15, -0.1) is 0 Å². The third kappa shape index (κ3) is 3.32. The smallest absolute Gasteiger partial charge is 0.133 e. The third-order valence-electron chi connectivity index (χ3n) is 3.41. The summed E-state index contributed by atoms with van der Waals surface area (Å²) >= 11 is 0. The minimum absolute atomic E-state index is 0.762. The molecule has 0 aliphatic carbocycles. The molecule has 4 nitrogen and oxygen atoms in total. The second-order valence-electron chi connectivity index (χ2n) is 5.22. The molecule has 0 aliphatic rings. The lowest BCUT2D eigenvalue weighted by molar-refractivity contribution is 0.416. The Kier molecular flexibility index (Phi) is 4.78. The fourth-order valence-electron chi connectivity index (χ4n) is 2.31. The first-order valence-corrected chi connectivity index (χ1v) is 7.31. The van der Waals surface area contributed by atoms with Crippen LogP contribution in [0.3, 0.4) is 0 Å². The highest BCUT2D eigenvalue weighted by molar-refractivity contribution is 5.74. The predicted octanol–water partition coefficient (Wildman–Crippen LogP) is 3.90. The molecule has 1 aromatic heterocycles. The molecule has 0 bridgehead atoms. The number of aromatic nitrogens is 2. The van der Waals surface area contributed by atoms with E-state index in [-0.39, 0.29) is 0 Å². The van der Waals surface area contributed by atoms with Gasteiger partial charge in [0.15, 0.2) is 0 Å². The molecule has 0 radical (unpaired) electrons. The fourth-order valence-corrected chi connectivity index (χ4v) is 2.31. The zero-order chi connectivity index (χ0) is 15.4. The van der Waals surface area contributed by atoms with Gasteiger partial charge in [0.05, 0.1) is 12.8 Å². The number of methoxy groups -OCH3 is 1. The molecule has 0 atom stereocenters. The van der Waals surface area contributed by atoms with E-state index < -0.39 is 0 Å². The number of aryl methyl sites for hydroxylation is 2. The molecule has 21 heavy (non-hydrogen) atoms. The highest BCUT2D eigenvalue weighted by atomic mass is 16.5. The first-order chi connectivity index (χ1) is 10.1. The van der Waals surface area contributed by atoms with E-state index in [4.69, 9.17) is 4.74 Å². The molecule has 2 rings (SSSR count). The maximum Gasteiger partial charge on any atom is 0.133 e. The molecule has 0 saturated carbocycles. The Labute approximate surface area is 126 Å². The van der Waals surface area contributed by atoms with Gasteiger partial charge in [-0.25, -0.2) is 9.97 Å². The molecular weight excluding hydrogens is 262 g/mol. The summed E-state index contributed by atoms with van der Waals surface area (Å²) in [5, 5.41) is 3.37. The number of ether oxygens (including phenoxy) is 1. The summed E-state index contributed by atoms with van der Waals surface area (Å²) in [4.78, 5) is 9.14. The van der Waals surface area contributed by atoms with Crippen LogP contribution in [0.4, 0.5) is 5.82 Å². The Hall–Kier alpha value is -2.10. The monoisotopic (exact) mass is 285 g/mol. The second kappa shape index (κ2) is 6.57. The van der Waals surface area contributed by atoms with Gasteiger partial charge in [0.25, 0.3) is 0 Å². The Morgan fingerprint density at radius 1 is 1.14 bits per heavy atom. The van der Waals surface area contributed by atoms with E-state index in [1.165, 1.54) is 5.56 Å². The van der Waals surface area contributed by atoms with Gasteiger partial charge in [-0.3, -0.25) is 0 Å². The van der Waals surface area contributed by atoms with Crippen molar-refractivity contribution < 1.29 is 4.74 Å². The van der Waals surface area contributed by atoms with Crippen LogP contribution in [-0.4, -0.2) is 23.6 Å². The van der Waals surface area contributed by atoms with Gasteiger partial charge in [-0.1, -0.05) is 18.6 Å². The lowest BCUT2D eigenvalue weighted by atomic mass is 10.0. The van der Waals surface area contributed by atoms with E-state index in [2.05, 4.69) is 42.1 Å². The number of hydrogen-bond donors (Lipinski definition) is 1. The van der Waals surface area contributed by atoms with Gasteiger partial charge >= 0.3 is 0 Å². The maximum atomic E-state index is 5.49. The molecule has 0 amide bonds. The van der Waals surface area contributed by atoms with Crippen molar-refractivity contribution >= 4 is 5.82 Å². The number of hydrogen-bond acceptors (Lipinski definition) is 4. The quantitative estimate of drug-likeness (QED) is 0.905. The minimum Gasteiger partial charge on any atom is -0.496 e. The first-order valence-electron chi connectivity index (χ1n) is 7.31. The van der Waals surface area contributed by atoms with Gasteiger partial charge in [0.2, 0.25) is 0 Å². The van der Waals surface area contributed by atoms with Crippen molar-refractivity contribution in [2.75, 3.05) is 19.0 Å². The lowest BCUT2D eigenvalue weighted by Crippen LogP contribution is -2.08. The van der Waals surface area contributed by atoms with Gasteiger partial charge in [0.1, 0.15) is 17.4 Å². The number of nitrogens with one attached hydrogen (secondary N) is 1. The van der Waals surface area contributed by atoms with Crippen LogP contribution in [0, 0.1) is 20.8 Å². The van der Waals surface area contributed by atoms with Gasteiger partial charge in [-0.05, 0) is 39.3 Å². The van der Waals surface area contributed by atoms with Crippen molar-refractivity contribution in [2.45, 2.75) is 34.1 Å². The van der Waals surface area contributed by atoms with Crippen LogP contribution < -0.4 is 10.1 Å². The normalized spacial score (nSPS) is 10.5. The van der Waals surface area contributed by atoms with Gasteiger partial charge in [0, 0.05) is 17.7 Å². The lowest BCUT2D eigenvalue weighted by Gasteiger charge is -2.15. The Morgan fingerprint density at radius 3 is 2.57 bits per heavy atom. The van der Waals surface area contributed by atoms with Crippen molar-refractivity contribution in [3.63, 3.8) is 0 Å². The third-order valence-corrected chi connectivity index (χ3v) is 3.41. The minimum atomic E-state index is 0.762. The Balaban J connectivity index is 2.58. The zero-order valence-corrected chi connectivity index (χ0v) is 13.4. The van der Waals surface area contributed by atoms with E-state index in [0.717, 1.165) is 47.2 Å². The number of rotatable bonds is 5. The molecule has 0 saturated heterocycles. The van der Waals surface area contributed by atoms with E-state index in [0.29, 0.717) is 0 Å². The highest BCUT2D eigenvalue weighted by Crippen LogP contribution is 2.33. The van der Waals surface area contributed by atoms with Crippen LogP contribution in [0.25, 0.3) is 11.3 Å². The van der Waals surface area contributed by atoms with Gasteiger partial charge in [-0.2, -0.15) is 0 Å². The summed E-state index contributed by atoms with van der Waals surface area (Å²) < 4.78 is 5.49. The van der Waals surface area contributed by atoms with E-state index in [1.807, 2.05) is 19.1 Å². The molecule has 0 aliphatic heterocycles. The highest BCUT2D eigenvalue weighted by Gasteiger charge is 2.14. The van der Waals surface area contributed by atoms with Crippen LogP contribution in [0.2, 0.25) is 0 Å².